The van der Waals surface area contributed by atoms with Crippen molar-refractivity contribution >= 4 is 53.8 Å². The Balaban J connectivity index is 1.67. The van der Waals surface area contributed by atoms with E-state index in [1.54, 1.807) is 60.7 Å². The van der Waals surface area contributed by atoms with Crippen LogP contribution in [0.3, 0.4) is 0 Å². The summed E-state index contributed by atoms with van der Waals surface area (Å²) in [7, 11) is -7.93. The first kappa shape index (κ1) is 22.7. The Morgan fingerprint density at radius 3 is 1.40 bits per heavy atom. The third-order valence-electron chi connectivity index (χ3n) is 3.58. The first-order valence-electron chi connectivity index (χ1n) is 8.65. The zero-order valence-corrected chi connectivity index (χ0v) is 18.8. The average molecular weight is 487 g/mol. The molecule has 12 heteroatoms. The molecule has 1 aliphatic rings. The summed E-state index contributed by atoms with van der Waals surface area (Å²) in [5, 5.41) is 7.67. The van der Waals surface area contributed by atoms with E-state index in [0.717, 1.165) is 0 Å². The van der Waals surface area contributed by atoms with Crippen LogP contribution in [0.2, 0.25) is 0 Å². The summed E-state index contributed by atoms with van der Waals surface area (Å²) >= 11 is 2.41. The average Bonchev–Trinajstić information content (AvgIpc) is 2.72. The summed E-state index contributed by atoms with van der Waals surface area (Å²) in [6, 6.07) is 17.1. The number of oxime groups is 2. The van der Waals surface area contributed by atoms with Crippen LogP contribution in [-0.2, 0) is 40.3 Å². The molecule has 0 atom stereocenters. The van der Waals surface area contributed by atoms with Crippen molar-refractivity contribution in [3.63, 3.8) is 0 Å². The topological polar surface area (TPSA) is 111 Å². The molecule has 1 saturated heterocycles. The number of rotatable bonds is 8. The van der Waals surface area contributed by atoms with Crippen LogP contribution in [0.15, 0.2) is 71.0 Å². The van der Waals surface area contributed by atoms with E-state index in [9.17, 15) is 16.8 Å². The molecule has 3 rings (SSSR count). The maximum atomic E-state index is 12.2. The zero-order chi connectivity index (χ0) is 21.5. The van der Waals surface area contributed by atoms with Gasteiger partial charge in [0, 0.05) is 11.5 Å². The SMILES string of the molecule is O=S(=O)(Cc1ccccc1)ON=C1SCCSC1=NOS(=O)(=O)Cc1ccccc1. The fraction of sp³-hybridized carbons (Fsp3) is 0.222. The molecule has 0 saturated carbocycles. The zero-order valence-electron chi connectivity index (χ0n) is 15.6. The second kappa shape index (κ2) is 10.3. The normalized spacial score (nSPS) is 17.7. The van der Waals surface area contributed by atoms with Crippen molar-refractivity contribution in [2.75, 3.05) is 11.5 Å². The van der Waals surface area contributed by atoms with Gasteiger partial charge in [0.1, 0.15) is 11.5 Å². The summed E-state index contributed by atoms with van der Waals surface area (Å²) in [4.78, 5) is 0. The van der Waals surface area contributed by atoms with E-state index in [-0.39, 0.29) is 21.6 Å². The van der Waals surface area contributed by atoms with Crippen LogP contribution in [0, 0.1) is 0 Å². The van der Waals surface area contributed by atoms with Gasteiger partial charge in [-0.05, 0) is 11.1 Å². The van der Waals surface area contributed by atoms with Gasteiger partial charge in [0.2, 0.25) is 0 Å². The van der Waals surface area contributed by atoms with Crippen molar-refractivity contribution in [2.24, 2.45) is 10.3 Å². The van der Waals surface area contributed by atoms with E-state index in [1.807, 2.05) is 0 Å². The minimum Gasteiger partial charge on any atom is -0.267 e. The smallest absolute Gasteiger partial charge is 0.267 e. The van der Waals surface area contributed by atoms with E-state index < -0.39 is 20.2 Å². The van der Waals surface area contributed by atoms with Crippen molar-refractivity contribution in [1.29, 1.82) is 0 Å². The Kier molecular flexibility index (Phi) is 7.81. The van der Waals surface area contributed by atoms with E-state index in [1.165, 1.54) is 23.5 Å². The minimum atomic E-state index is -3.97. The molecule has 1 fully saturated rings. The summed E-state index contributed by atoms with van der Waals surface area (Å²) in [5.41, 5.74) is 1.13. The van der Waals surface area contributed by atoms with Gasteiger partial charge >= 0.3 is 20.2 Å². The van der Waals surface area contributed by atoms with Crippen LogP contribution in [0.25, 0.3) is 0 Å². The molecule has 0 aliphatic carbocycles. The number of benzene rings is 2. The van der Waals surface area contributed by atoms with Gasteiger partial charge in [-0.3, -0.25) is 8.57 Å². The largest absolute Gasteiger partial charge is 0.332 e. The first-order valence-corrected chi connectivity index (χ1v) is 13.8. The van der Waals surface area contributed by atoms with Crippen LogP contribution < -0.4 is 0 Å². The Bertz CT molecular complexity index is 1030. The standard InChI is InChI=1S/C18H18N2O6S4/c21-29(22,13-15-7-3-1-4-8-15)25-19-17-18(28-12-11-27-17)20-26-30(23,24)14-16-9-5-2-6-10-16/h1-10H,11-14H2. The molecule has 0 bridgehead atoms. The molecule has 1 aliphatic heterocycles. The van der Waals surface area contributed by atoms with Crippen LogP contribution in [0.4, 0.5) is 0 Å². The summed E-state index contributed by atoms with van der Waals surface area (Å²) in [6.45, 7) is 0. The summed E-state index contributed by atoms with van der Waals surface area (Å²) in [6.07, 6.45) is 0. The van der Waals surface area contributed by atoms with E-state index >= 15 is 0 Å². The van der Waals surface area contributed by atoms with Crippen molar-refractivity contribution in [1.82, 2.24) is 0 Å². The number of hydrogen-bond donors (Lipinski definition) is 0. The lowest BCUT2D eigenvalue weighted by molar-refractivity contribution is 0.335. The van der Waals surface area contributed by atoms with Crippen molar-refractivity contribution in [2.45, 2.75) is 11.5 Å². The van der Waals surface area contributed by atoms with E-state index in [2.05, 4.69) is 10.3 Å². The molecule has 0 spiro atoms. The van der Waals surface area contributed by atoms with Crippen LogP contribution in [0.5, 0.6) is 0 Å². The summed E-state index contributed by atoms with van der Waals surface area (Å²) in [5.74, 6) is 0.608. The van der Waals surface area contributed by atoms with Gasteiger partial charge in [0.25, 0.3) is 0 Å². The van der Waals surface area contributed by atoms with Gasteiger partial charge in [-0.25, -0.2) is 0 Å². The molecule has 0 amide bonds. The molecule has 0 aromatic heterocycles. The van der Waals surface area contributed by atoms with Crippen molar-refractivity contribution in [3.8, 4) is 0 Å². The highest BCUT2D eigenvalue weighted by Gasteiger charge is 2.22. The third-order valence-corrected chi connectivity index (χ3v) is 7.85. The molecule has 8 nitrogen and oxygen atoms in total. The maximum absolute atomic E-state index is 12.2. The van der Waals surface area contributed by atoms with Gasteiger partial charge in [0.15, 0.2) is 10.1 Å². The van der Waals surface area contributed by atoms with Crippen molar-refractivity contribution < 1.29 is 25.4 Å². The molecule has 2 aromatic rings. The van der Waals surface area contributed by atoms with Gasteiger partial charge in [-0.15, -0.1) is 0 Å². The van der Waals surface area contributed by atoms with Crippen LogP contribution in [-0.4, -0.2) is 38.4 Å². The van der Waals surface area contributed by atoms with Crippen LogP contribution in [0.1, 0.15) is 11.1 Å². The highest BCUT2D eigenvalue weighted by atomic mass is 32.2. The highest BCUT2D eigenvalue weighted by Crippen LogP contribution is 2.24. The molecule has 160 valence electrons. The van der Waals surface area contributed by atoms with E-state index in [0.29, 0.717) is 22.6 Å². The van der Waals surface area contributed by atoms with Gasteiger partial charge in [0.05, 0.1) is 0 Å². The Morgan fingerprint density at radius 1 is 0.667 bits per heavy atom. The number of thioether (sulfide) groups is 2. The molecule has 0 radical (unpaired) electrons. The van der Waals surface area contributed by atoms with Gasteiger partial charge < -0.3 is 0 Å². The molecule has 2 aromatic carbocycles. The van der Waals surface area contributed by atoms with Crippen LogP contribution >= 0.6 is 23.5 Å². The monoisotopic (exact) mass is 486 g/mol. The molecule has 0 N–H and O–H groups in total. The third kappa shape index (κ3) is 7.35. The Morgan fingerprint density at radius 2 is 1.03 bits per heavy atom. The minimum absolute atomic E-state index is 0.151. The van der Waals surface area contributed by atoms with Gasteiger partial charge in [-0.2, -0.15) is 16.8 Å². The lowest BCUT2D eigenvalue weighted by atomic mass is 10.2. The first-order chi connectivity index (χ1) is 14.3. The molecular weight excluding hydrogens is 468 g/mol. The number of nitrogens with zero attached hydrogens (tertiary/aromatic N) is 2. The maximum Gasteiger partial charge on any atom is 0.332 e. The fourth-order valence-corrected chi connectivity index (χ4v) is 6.01. The Hall–Kier alpha value is -2.02. The van der Waals surface area contributed by atoms with Crippen molar-refractivity contribution in [3.05, 3.63) is 71.8 Å². The molecule has 30 heavy (non-hydrogen) atoms. The Labute approximate surface area is 184 Å². The predicted molar refractivity (Wildman–Crippen MR) is 120 cm³/mol. The second-order valence-corrected chi connectivity index (χ2v) is 11.3. The quantitative estimate of drug-likeness (QED) is 0.523. The molecular formula is C18H18N2O6S4. The van der Waals surface area contributed by atoms with E-state index in [4.69, 9.17) is 8.57 Å². The summed E-state index contributed by atoms with van der Waals surface area (Å²) < 4.78 is 58.2. The van der Waals surface area contributed by atoms with Gasteiger partial charge in [-0.1, -0.05) is 94.5 Å². The lowest BCUT2D eigenvalue weighted by Gasteiger charge is -2.13. The fourth-order valence-electron chi connectivity index (χ4n) is 2.32. The predicted octanol–water partition coefficient (Wildman–Crippen LogP) is 3.19. The second-order valence-electron chi connectivity index (χ2n) is 6.01. The molecule has 1 heterocycles. The molecule has 0 unspecified atom stereocenters. The highest BCUT2D eigenvalue weighted by molar-refractivity contribution is 8.27. The number of hydrogen-bond acceptors (Lipinski definition) is 10. The lowest BCUT2D eigenvalue weighted by Crippen LogP contribution is -2.18.